The Morgan fingerprint density at radius 1 is 0.933 bits per heavy atom. The molecule has 0 spiro atoms. The van der Waals surface area contributed by atoms with E-state index in [1.807, 2.05) is 67.6 Å². The Kier molecular flexibility index (Phi) is 7.45. The minimum absolute atomic E-state index is 0.123. The van der Waals surface area contributed by atoms with Crippen molar-refractivity contribution < 1.29 is 18.6 Å². The van der Waals surface area contributed by atoms with Gasteiger partial charge in [0, 0.05) is 5.30 Å². The normalized spacial score (nSPS) is 13.8. The lowest BCUT2D eigenvalue weighted by Crippen LogP contribution is -2.32. The number of ether oxygens (including phenoxy) is 1. The maximum absolute atomic E-state index is 14.1. The van der Waals surface area contributed by atoms with Gasteiger partial charge in [-0.3, -0.25) is 4.57 Å². The lowest BCUT2D eigenvalue weighted by atomic mass is 10.1. The molecule has 0 saturated heterocycles. The Morgan fingerprint density at radius 2 is 1.53 bits per heavy atom. The quantitative estimate of drug-likeness (QED) is 0.482. The SMILES string of the molecule is CCOP(=O)(c1ccccc1)C(NC(=O)OCc1ccccc1)c1ccc(C)cc1. The molecule has 3 aromatic rings. The van der Waals surface area contributed by atoms with Crippen molar-refractivity contribution in [3.8, 4) is 0 Å². The molecule has 0 bridgehead atoms. The van der Waals surface area contributed by atoms with Crippen molar-refractivity contribution in [1.29, 1.82) is 0 Å². The number of carbonyl (C=O) groups is 1. The number of benzene rings is 3. The van der Waals surface area contributed by atoms with Crippen LogP contribution in [-0.2, 0) is 20.4 Å². The molecule has 2 atom stereocenters. The number of nitrogens with one attached hydrogen (secondary N) is 1. The summed E-state index contributed by atoms with van der Waals surface area (Å²) in [7, 11) is -3.48. The van der Waals surface area contributed by atoms with Gasteiger partial charge in [0.1, 0.15) is 12.4 Å². The first kappa shape index (κ1) is 21.8. The summed E-state index contributed by atoms with van der Waals surface area (Å²) in [5, 5.41) is 3.34. The van der Waals surface area contributed by atoms with Gasteiger partial charge in [0.15, 0.2) is 0 Å². The molecule has 3 aromatic carbocycles. The number of carbonyl (C=O) groups excluding carboxylic acids is 1. The van der Waals surface area contributed by atoms with Gasteiger partial charge in [0.05, 0.1) is 6.61 Å². The van der Waals surface area contributed by atoms with Crippen LogP contribution in [-0.4, -0.2) is 12.7 Å². The van der Waals surface area contributed by atoms with Crippen LogP contribution in [0, 0.1) is 6.92 Å². The van der Waals surface area contributed by atoms with Crippen molar-refractivity contribution in [3.63, 3.8) is 0 Å². The highest BCUT2D eigenvalue weighted by Gasteiger charge is 2.38. The fraction of sp³-hybridized carbons (Fsp3) is 0.208. The van der Waals surface area contributed by atoms with Crippen molar-refractivity contribution in [3.05, 3.63) is 102 Å². The molecule has 3 rings (SSSR count). The zero-order chi connectivity index (χ0) is 21.4. The summed E-state index contributed by atoms with van der Waals surface area (Å²) in [5.41, 5.74) is 2.63. The van der Waals surface area contributed by atoms with Crippen LogP contribution in [0.4, 0.5) is 4.79 Å². The number of amides is 1. The van der Waals surface area contributed by atoms with Crippen LogP contribution in [0.3, 0.4) is 0 Å². The number of alkyl carbamates (subject to hydrolysis) is 1. The summed E-state index contributed by atoms with van der Waals surface area (Å²) in [6, 6.07) is 25.9. The predicted octanol–water partition coefficient (Wildman–Crippen LogP) is 5.56. The molecule has 30 heavy (non-hydrogen) atoms. The number of hydrogen-bond donors (Lipinski definition) is 1. The van der Waals surface area contributed by atoms with E-state index in [4.69, 9.17) is 9.26 Å². The Morgan fingerprint density at radius 3 is 2.13 bits per heavy atom. The monoisotopic (exact) mass is 423 g/mol. The molecule has 6 heteroatoms. The van der Waals surface area contributed by atoms with Crippen LogP contribution < -0.4 is 10.6 Å². The van der Waals surface area contributed by atoms with Gasteiger partial charge >= 0.3 is 6.09 Å². The number of aryl methyl sites for hydroxylation is 1. The number of rotatable bonds is 8. The van der Waals surface area contributed by atoms with E-state index in [9.17, 15) is 9.36 Å². The maximum Gasteiger partial charge on any atom is 0.408 e. The second-order valence-corrected chi connectivity index (χ2v) is 9.35. The third-order valence-corrected chi connectivity index (χ3v) is 7.40. The molecular formula is C24H26NO4P. The molecule has 0 aliphatic heterocycles. The summed E-state index contributed by atoms with van der Waals surface area (Å²) >= 11 is 0. The highest BCUT2D eigenvalue weighted by molar-refractivity contribution is 7.67. The van der Waals surface area contributed by atoms with E-state index in [2.05, 4.69) is 5.32 Å². The Balaban J connectivity index is 1.90. The third kappa shape index (κ3) is 5.38. The molecule has 0 fully saturated rings. The first-order chi connectivity index (χ1) is 14.5. The van der Waals surface area contributed by atoms with E-state index in [0.717, 1.165) is 11.1 Å². The van der Waals surface area contributed by atoms with Crippen molar-refractivity contribution in [2.45, 2.75) is 26.2 Å². The molecule has 0 radical (unpaired) electrons. The zero-order valence-electron chi connectivity index (χ0n) is 17.2. The molecule has 0 aliphatic carbocycles. The molecule has 1 N–H and O–H groups in total. The van der Waals surface area contributed by atoms with Gasteiger partial charge in [-0.25, -0.2) is 4.79 Å². The second kappa shape index (κ2) is 10.2. The Bertz CT molecular complexity index is 991. The van der Waals surface area contributed by atoms with Gasteiger partial charge in [0.25, 0.3) is 7.37 Å². The standard InChI is InChI=1S/C24H26NO4P/c1-3-29-30(27,22-12-8-5-9-13-22)23(21-16-14-19(2)15-17-21)25-24(26)28-18-20-10-6-4-7-11-20/h4-17,23H,3,18H2,1-2H3,(H,25,26). The molecule has 0 aromatic heterocycles. The maximum atomic E-state index is 14.1. The fourth-order valence-electron chi connectivity index (χ4n) is 3.12. The van der Waals surface area contributed by atoms with Gasteiger partial charge in [-0.15, -0.1) is 0 Å². The van der Waals surface area contributed by atoms with Crippen LogP contribution in [0.15, 0.2) is 84.9 Å². The topological polar surface area (TPSA) is 64.6 Å². The Labute approximate surface area is 177 Å². The van der Waals surface area contributed by atoms with E-state index in [1.165, 1.54) is 0 Å². The number of hydrogen-bond acceptors (Lipinski definition) is 4. The fourth-order valence-corrected chi connectivity index (χ4v) is 5.52. The Hall–Kier alpha value is -2.88. The molecular weight excluding hydrogens is 397 g/mol. The van der Waals surface area contributed by atoms with Crippen LogP contribution in [0.2, 0.25) is 0 Å². The summed E-state index contributed by atoms with van der Waals surface area (Å²) in [5.74, 6) is -0.872. The van der Waals surface area contributed by atoms with Crippen LogP contribution >= 0.6 is 7.37 Å². The lowest BCUT2D eigenvalue weighted by Gasteiger charge is -2.28. The highest BCUT2D eigenvalue weighted by Crippen LogP contribution is 2.57. The minimum atomic E-state index is -3.48. The zero-order valence-corrected chi connectivity index (χ0v) is 18.0. The van der Waals surface area contributed by atoms with Gasteiger partial charge in [-0.05, 0) is 37.1 Å². The van der Waals surface area contributed by atoms with E-state index in [1.54, 1.807) is 31.2 Å². The van der Waals surface area contributed by atoms with E-state index in [-0.39, 0.29) is 13.2 Å². The van der Waals surface area contributed by atoms with Gasteiger partial charge in [-0.2, -0.15) is 0 Å². The first-order valence-corrected chi connectivity index (χ1v) is 11.6. The lowest BCUT2D eigenvalue weighted by molar-refractivity contribution is 0.137. The van der Waals surface area contributed by atoms with Gasteiger partial charge < -0.3 is 14.6 Å². The molecule has 2 unspecified atom stereocenters. The van der Waals surface area contributed by atoms with Crippen molar-refractivity contribution in [1.82, 2.24) is 5.32 Å². The minimum Gasteiger partial charge on any atom is -0.445 e. The first-order valence-electron chi connectivity index (χ1n) is 9.86. The largest absolute Gasteiger partial charge is 0.445 e. The van der Waals surface area contributed by atoms with Crippen molar-refractivity contribution in [2.75, 3.05) is 6.61 Å². The summed E-state index contributed by atoms with van der Waals surface area (Å²) in [6.07, 6.45) is -0.653. The smallest absolute Gasteiger partial charge is 0.408 e. The average molecular weight is 423 g/mol. The molecule has 5 nitrogen and oxygen atoms in total. The third-order valence-electron chi connectivity index (χ3n) is 4.64. The molecule has 0 aliphatic rings. The van der Waals surface area contributed by atoms with Crippen LogP contribution in [0.25, 0.3) is 0 Å². The van der Waals surface area contributed by atoms with E-state index in [0.29, 0.717) is 10.9 Å². The van der Waals surface area contributed by atoms with Crippen molar-refractivity contribution in [2.24, 2.45) is 0 Å². The summed E-state index contributed by atoms with van der Waals surface area (Å²) < 4.78 is 25.3. The van der Waals surface area contributed by atoms with Crippen molar-refractivity contribution >= 4 is 18.8 Å². The second-order valence-electron chi connectivity index (χ2n) is 6.87. The van der Waals surface area contributed by atoms with Crippen LogP contribution in [0.5, 0.6) is 0 Å². The summed E-state index contributed by atoms with van der Waals surface area (Å²) in [6.45, 7) is 4.13. The molecule has 0 saturated carbocycles. The predicted molar refractivity (Wildman–Crippen MR) is 119 cm³/mol. The summed E-state index contributed by atoms with van der Waals surface area (Å²) in [4.78, 5) is 12.6. The van der Waals surface area contributed by atoms with Gasteiger partial charge in [0.2, 0.25) is 0 Å². The van der Waals surface area contributed by atoms with E-state index >= 15 is 0 Å². The highest BCUT2D eigenvalue weighted by atomic mass is 31.2. The molecule has 0 heterocycles. The van der Waals surface area contributed by atoms with Gasteiger partial charge in [-0.1, -0.05) is 78.4 Å². The average Bonchev–Trinajstić information content (AvgIpc) is 2.78. The van der Waals surface area contributed by atoms with Crippen LogP contribution in [0.1, 0.15) is 29.4 Å². The molecule has 1 amide bonds. The molecule has 156 valence electrons. The van der Waals surface area contributed by atoms with E-state index < -0.39 is 19.2 Å².